The summed E-state index contributed by atoms with van der Waals surface area (Å²) in [6, 6.07) is 15.5. The van der Waals surface area contributed by atoms with Crippen molar-refractivity contribution < 1.29 is 4.79 Å². The highest BCUT2D eigenvalue weighted by Crippen LogP contribution is 2.21. The molecule has 1 atom stereocenters. The van der Waals surface area contributed by atoms with Gasteiger partial charge in [-0.05, 0) is 23.8 Å². The van der Waals surface area contributed by atoms with Gasteiger partial charge in [0.2, 0.25) is 0 Å². The molecule has 0 saturated heterocycles. The van der Waals surface area contributed by atoms with Crippen LogP contribution in [-0.2, 0) is 11.2 Å². The molecule has 2 aromatic rings. The first-order chi connectivity index (χ1) is 9.84. The Morgan fingerprint density at radius 2 is 1.80 bits per heavy atom. The predicted molar refractivity (Wildman–Crippen MR) is 78.7 cm³/mol. The number of allylic oxidation sites excluding steroid dienone is 1. The largest absolute Gasteiger partial charge is 0.292 e. The molecule has 0 spiro atoms. The van der Waals surface area contributed by atoms with Crippen LogP contribution in [0, 0.1) is 0 Å². The molecule has 1 aromatic heterocycles. The molecule has 0 saturated carbocycles. The minimum absolute atomic E-state index is 0.0371. The normalized spacial score (nSPS) is 17.9. The molecule has 1 aliphatic heterocycles. The number of ketones is 1. The molecule has 20 heavy (non-hydrogen) atoms. The van der Waals surface area contributed by atoms with E-state index in [1.54, 1.807) is 18.5 Å². The number of aromatic nitrogens is 1. The lowest BCUT2D eigenvalue weighted by Gasteiger charge is -2.15. The fourth-order valence-electron chi connectivity index (χ4n) is 2.26. The second-order valence-corrected chi connectivity index (χ2v) is 4.68. The molecule has 0 fully saturated rings. The van der Waals surface area contributed by atoms with Crippen molar-refractivity contribution in [3.05, 3.63) is 78.3 Å². The molecule has 1 aromatic carbocycles. The molecule has 3 rings (SSSR count). The van der Waals surface area contributed by atoms with Crippen LogP contribution in [0.4, 0.5) is 0 Å². The minimum atomic E-state index is -0.313. The van der Waals surface area contributed by atoms with Gasteiger partial charge in [0.05, 0.1) is 17.3 Å². The number of pyridine rings is 1. The van der Waals surface area contributed by atoms with Gasteiger partial charge in [-0.1, -0.05) is 36.4 Å². The van der Waals surface area contributed by atoms with Crippen molar-refractivity contribution in [1.82, 2.24) is 4.98 Å². The molecule has 0 N–H and O–H groups in total. The minimum Gasteiger partial charge on any atom is -0.292 e. The van der Waals surface area contributed by atoms with Crippen molar-refractivity contribution >= 4 is 11.5 Å². The Morgan fingerprint density at radius 1 is 1.00 bits per heavy atom. The van der Waals surface area contributed by atoms with Crippen LogP contribution < -0.4 is 0 Å². The van der Waals surface area contributed by atoms with Gasteiger partial charge in [0.25, 0.3) is 0 Å². The van der Waals surface area contributed by atoms with E-state index in [2.05, 4.69) is 9.98 Å². The molecular weight excluding hydrogens is 248 g/mol. The molecule has 3 nitrogen and oxygen atoms in total. The lowest BCUT2D eigenvalue weighted by atomic mass is 9.91. The van der Waals surface area contributed by atoms with Crippen LogP contribution >= 0.6 is 0 Å². The van der Waals surface area contributed by atoms with Gasteiger partial charge in [-0.3, -0.25) is 14.8 Å². The van der Waals surface area contributed by atoms with Gasteiger partial charge in [-0.25, -0.2) is 0 Å². The highest BCUT2D eigenvalue weighted by atomic mass is 16.1. The Bertz CT molecular complexity index is 660. The van der Waals surface area contributed by atoms with Crippen LogP contribution in [0.15, 0.2) is 72.0 Å². The Kier molecular flexibility index (Phi) is 3.50. The Labute approximate surface area is 117 Å². The van der Waals surface area contributed by atoms with Crippen molar-refractivity contribution in [3.8, 4) is 0 Å². The summed E-state index contributed by atoms with van der Waals surface area (Å²) in [5, 5.41) is 0. The van der Waals surface area contributed by atoms with E-state index < -0.39 is 0 Å². The van der Waals surface area contributed by atoms with E-state index in [0.29, 0.717) is 12.1 Å². The summed E-state index contributed by atoms with van der Waals surface area (Å²) < 4.78 is 0. The van der Waals surface area contributed by atoms with Crippen LogP contribution in [0.25, 0.3) is 0 Å². The maximum Gasteiger partial charge on any atom is 0.190 e. The summed E-state index contributed by atoms with van der Waals surface area (Å²) in [4.78, 5) is 21.0. The number of Topliss-reactive ketones (excluding diaryl/α,β-unsaturated/α-hetero) is 1. The lowest BCUT2D eigenvalue weighted by Crippen LogP contribution is -2.25. The number of carbonyl (C=O) groups excluding carboxylic acids is 1. The first-order valence-electron chi connectivity index (χ1n) is 6.57. The number of rotatable bonds is 3. The maximum absolute atomic E-state index is 12.5. The molecule has 3 heteroatoms. The second-order valence-electron chi connectivity index (χ2n) is 4.68. The Morgan fingerprint density at radius 3 is 2.55 bits per heavy atom. The van der Waals surface area contributed by atoms with Gasteiger partial charge in [-0.15, -0.1) is 0 Å². The zero-order chi connectivity index (χ0) is 13.8. The molecule has 0 radical (unpaired) electrons. The topological polar surface area (TPSA) is 42.3 Å². The molecule has 0 bridgehead atoms. The average molecular weight is 262 g/mol. The van der Waals surface area contributed by atoms with Crippen LogP contribution in [0.2, 0.25) is 0 Å². The van der Waals surface area contributed by atoms with E-state index >= 15 is 0 Å². The standard InChI is InChI=1S/C17H14N2O/c20-17-14(15-8-4-5-10-18-15)9-11-19-16(17)12-13-6-2-1-3-7-13/h1-11,14H,12H2. The van der Waals surface area contributed by atoms with Gasteiger partial charge in [0.1, 0.15) is 0 Å². The molecule has 98 valence electrons. The van der Waals surface area contributed by atoms with Crippen molar-refractivity contribution in [1.29, 1.82) is 0 Å². The van der Waals surface area contributed by atoms with Crippen LogP contribution in [0.5, 0.6) is 0 Å². The SMILES string of the molecule is O=C1C(Cc2ccccc2)=NC=CC1c1ccccn1. The van der Waals surface area contributed by atoms with Crippen molar-refractivity contribution in [2.75, 3.05) is 0 Å². The van der Waals surface area contributed by atoms with Crippen molar-refractivity contribution in [2.24, 2.45) is 4.99 Å². The smallest absolute Gasteiger partial charge is 0.190 e. The summed E-state index contributed by atoms with van der Waals surface area (Å²) in [6.45, 7) is 0. The lowest BCUT2D eigenvalue weighted by molar-refractivity contribution is -0.113. The fraction of sp³-hybridized carbons (Fsp3) is 0.118. The second kappa shape index (κ2) is 5.61. The highest BCUT2D eigenvalue weighted by molar-refractivity contribution is 6.43. The zero-order valence-corrected chi connectivity index (χ0v) is 10.9. The molecule has 1 unspecified atom stereocenters. The highest BCUT2D eigenvalue weighted by Gasteiger charge is 2.25. The average Bonchev–Trinajstić information content (AvgIpc) is 2.51. The third-order valence-corrected chi connectivity index (χ3v) is 3.30. The number of hydrogen-bond acceptors (Lipinski definition) is 3. The quantitative estimate of drug-likeness (QED) is 0.853. The van der Waals surface area contributed by atoms with Gasteiger partial charge >= 0.3 is 0 Å². The molecule has 0 aliphatic carbocycles. The van der Waals surface area contributed by atoms with Crippen LogP contribution in [0.1, 0.15) is 17.2 Å². The van der Waals surface area contributed by atoms with Gasteiger partial charge in [-0.2, -0.15) is 0 Å². The van der Waals surface area contributed by atoms with Crippen molar-refractivity contribution in [3.63, 3.8) is 0 Å². The monoisotopic (exact) mass is 262 g/mol. The first kappa shape index (κ1) is 12.5. The van der Waals surface area contributed by atoms with Gasteiger partial charge in [0, 0.05) is 18.8 Å². The van der Waals surface area contributed by atoms with E-state index in [1.165, 1.54) is 0 Å². The third kappa shape index (κ3) is 2.57. The van der Waals surface area contributed by atoms with Gasteiger partial charge < -0.3 is 0 Å². The Hall–Kier alpha value is -2.55. The summed E-state index contributed by atoms with van der Waals surface area (Å²) in [7, 11) is 0. The maximum atomic E-state index is 12.5. The number of carbonyl (C=O) groups is 1. The number of nitrogens with zero attached hydrogens (tertiary/aromatic N) is 2. The van der Waals surface area contributed by atoms with Gasteiger partial charge in [0.15, 0.2) is 5.78 Å². The number of aliphatic imine (C=N–C) groups is 1. The summed E-state index contributed by atoms with van der Waals surface area (Å²) in [5.74, 6) is -0.275. The van der Waals surface area contributed by atoms with Crippen LogP contribution in [-0.4, -0.2) is 16.5 Å². The van der Waals surface area contributed by atoms with E-state index in [4.69, 9.17) is 0 Å². The van der Waals surface area contributed by atoms with Crippen LogP contribution in [0.3, 0.4) is 0 Å². The fourth-order valence-corrected chi connectivity index (χ4v) is 2.26. The number of benzene rings is 1. The molecule has 0 amide bonds. The molecular formula is C17H14N2O. The summed E-state index contributed by atoms with van der Waals surface area (Å²) >= 11 is 0. The third-order valence-electron chi connectivity index (χ3n) is 3.30. The summed E-state index contributed by atoms with van der Waals surface area (Å²) in [5.41, 5.74) is 2.46. The van der Waals surface area contributed by atoms with E-state index in [0.717, 1.165) is 11.3 Å². The Balaban J connectivity index is 1.83. The summed E-state index contributed by atoms with van der Waals surface area (Å²) in [6.07, 6.45) is 5.78. The van der Waals surface area contributed by atoms with E-state index in [1.807, 2.05) is 48.5 Å². The van der Waals surface area contributed by atoms with E-state index in [9.17, 15) is 4.79 Å². The molecule has 1 aliphatic rings. The zero-order valence-electron chi connectivity index (χ0n) is 10.9. The number of hydrogen-bond donors (Lipinski definition) is 0. The molecule has 2 heterocycles. The van der Waals surface area contributed by atoms with Crippen molar-refractivity contribution in [2.45, 2.75) is 12.3 Å². The predicted octanol–water partition coefficient (Wildman–Crippen LogP) is 2.95. The van der Waals surface area contributed by atoms with E-state index in [-0.39, 0.29) is 11.7 Å². The first-order valence-corrected chi connectivity index (χ1v) is 6.57.